The van der Waals surface area contributed by atoms with Crippen molar-refractivity contribution in [3.63, 3.8) is 0 Å². The zero-order valence-corrected chi connectivity index (χ0v) is 10.9. The van der Waals surface area contributed by atoms with Gasteiger partial charge in [-0.25, -0.2) is 0 Å². The topological polar surface area (TPSA) is 60.0 Å². The summed E-state index contributed by atoms with van der Waals surface area (Å²) in [4.78, 5) is 2.50. The number of rotatable bonds is 4. The number of nitrogens with zero attached hydrogens (tertiary/aromatic N) is 4. The van der Waals surface area contributed by atoms with E-state index in [2.05, 4.69) is 15.2 Å². The van der Waals surface area contributed by atoms with Crippen molar-refractivity contribution in [2.75, 3.05) is 19.6 Å². The zero-order valence-electron chi connectivity index (χ0n) is 10.9. The predicted molar refractivity (Wildman–Crippen MR) is 67.5 cm³/mol. The molecule has 5 heteroatoms. The van der Waals surface area contributed by atoms with E-state index in [1.54, 1.807) is 0 Å². The Bertz CT molecular complexity index is 346. The van der Waals surface area contributed by atoms with E-state index in [1.807, 2.05) is 24.7 Å². The van der Waals surface area contributed by atoms with Crippen molar-refractivity contribution in [3.05, 3.63) is 11.9 Å². The first-order valence-electron chi connectivity index (χ1n) is 6.47. The molecule has 0 spiro atoms. The first kappa shape index (κ1) is 12.5. The third-order valence-corrected chi connectivity index (χ3v) is 3.29. The summed E-state index contributed by atoms with van der Waals surface area (Å²) in [6.45, 7) is 8.32. The quantitative estimate of drug-likeness (QED) is 0.847. The van der Waals surface area contributed by atoms with Crippen LogP contribution in [0.3, 0.4) is 0 Å². The second-order valence-corrected chi connectivity index (χ2v) is 5.49. The van der Waals surface area contributed by atoms with Gasteiger partial charge in [-0.1, -0.05) is 11.6 Å². The Morgan fingerprint density at radius 3 is 2.53 bits per heavy atom. The molecule has 1 saturated heterocycles. The van der Waals surface area contributed by atoms with Gasteiger partial charge in [-0.05, 0) is 39.8 Å². The normalized spacial score (nSPS) is 18.5. The van der Waals surface area contributed by atoms with Gasteiger partial charge in [0.2, 0.25) is 0 Å². The van der Waals surface area contributed by atoms with Gasteiger partial charge in [-0.2, -0.15) is 0 Å². The molecule has 0 amide bonds. The standard InChI is InChI=1S/C12H23N5/c1-12(2,13)11-10-17(15-14-11)9-8-16-6-4-3-5-7-16/h10H,3-9,13H2,1-2H3. The van der Waals surface area contributed by atoms with E-state index in [9.17, 15) is 0 Å². The van der Waals surface area contributed by atoms with Gasteiger partial charge < -0.3 is 10.6 Å². The van der Waals surface area contributed by atoms with Crippen LogP contribution in [0.4, 0.5) is 0 Å². The van der Waals surface area contributed by atoms with Crippen LogP contribution in [0, 0.1) is 0 Å². The lowest BCUT2D eigenvalue weighted by atomic mass is 10.0. The van der Waals surface area contributed by atoms with Crippen molar-refractivity contribution in [1.29, 1.82) is 0 Å². The third kappa shape index (κ3) is 3.51. The van der Waals surface area contributed by atoms with Crippen LogP contribution in [0.15, 0.2) is 6.20 Å². The zero-order chi connectivity index (χ0) is 12.3. The van der Waals surface area contributed by atoms with E-state index in [0.29, 0.717) is 0 Å². The van der Waals surface area contributed by atoms with Crippen molar-refractivity contribution >= 4 is 0 Å². The van der Waals surface area contributed by atoms with Crippen molar-refractivity contribution in [1.82, 2.24) is 19.9 Å². The molecule has 0 bridgehead atoms. The fourth-order valence-corrected chi connectivity index (χ4v) is 2.13. The number of piperidine rings is 1. The third-order valence-electron chi connectivity index (χ3n) is 3.29. The van der Waals surface area contributed by atoms with E-state index in [0.717, 1.165) is 18.8 Å². The Labute approximate surface area is 103 Å². The first-order valence-corrected chi connectivity index (χ1v) is 6.47. The molecule has 2 N–H and O–H groups in total. The summed E-state index contributed by atoms with van der Waals surface area (Å²) in [5.74, 6) is 0. The molecule has 1 aromatic rings. The van der Waals surface area contributed by atoms with E-state index in [-0.39, 0.29) is 0 Å². The maximum atomic E-state index is 5.98. The number of aromatic nitrogens is 3. The van der Waals surface area contributed by atoms with Crippen molar-refractivity contribution in [2.45, 2.75) is 45.2 Å². The SMILES string of the molecule is CC(C)(N)c1cn(CCN2CCCCC2)nn1. The summed E-state index contributed by atoms with van der Waals surface area (Å²) >= 11 is 0. The molecule has 0 saturated carbocycles. The minimum atomic E-state index is -0.399. The molecule has 0 aliphatic carbocycles. The highest BCUT2D eigenvalue weighted by molar-refractivity contribution is 5.05. The summed E-state index contributed by atoms with van der Waals surface area (Å²) in [6, 6.07) is 0. The lowest BCUT2D eigenvalue weighted by Gasteiger charge is -2.26. The number of hydrogen-bond donors (Lipinski definition) is 1. The Morgan fingerprint density at radius 1 is 1.24 bits per heavy atom. The van der Waals surface area contributed by atoms with Crippen LogP contribution < -0.4 is 5.73 Å². The fraction of sp³-hybridized carbons (Fsp3) is 0.833. The molecule has 2 heterocycles. The van der Waals surface area contributed by atoms with E-state index in [1.165, 1.54) is 32.4 Å². The molecule has 1 aromatic heterocycles. The molecular weight excluding hydrogens is 214 g/mol. The molecule has 17 heavy (non-hydrogen) atoms. The van der Waals surface area contributed by atoms with Crippen molar-refractivity contribution in [3.8, 4) is 0 Å². The van der Waals surface area contributed by atoms with Crippen LogP contribution >= 0.6 is 0 Å². The highest BCUT2D eigenvalue weighted by Gasteiger charge is 2.18. The lowest BCUT2D eigenvalue weighted by Crippen LogP contribution is -2.32. The van der Waals surface area contributed by atoms with E-state index >= 15 is 0 Å². The van der Waals surface area contributed by atoms with Crippen molar-refractivity contribution < 1.29 is 0 Å². The summed E-state index contributed by atoms with van der Waals surface area (Å²) in [5, 5.41) is 8.25. The Hall–Kier alpha value is -0.940. The van der Waals surface area contributed by atoms with Gasteiger partial charge in [-0.3, -0.25) is 4.68 Å². The van der Waals surface area contributed by atoms with Gasteiger partial charge in [0.05, 0.1) is 18.3 Å². The average molecular weight is 237 g/mol. The second kappa shape index (κ2) is 5.14. The van der Waals surface area contributed by atoms with Crippen LogP contribution in [0.2, 0.25) is 0 Å². The fourth-order valence-electron chi connectivity index (χ4n) is 2.13. The van der Waals surface area contributed by atoms with Crippen LogP contribution in [-0.4, -0.2) is 39.5 Å². The lowest BCUT2D eigenvalue weighted by molar-refractivity contribution is 0.217. The molecule has 1 aliphatic rings. The van der Waals surface area contributed by atoms with Gasteiger partial charge >= 0.3 is 0 Å². The minimum absolute atomic E-state index is 0.399. The van der Waals surface area contributed by atoms with Gasteiger partial charge in [0.15, 0.2) is 0 Å². The van der Waals surface area contributed by atoms with Crippen LogP contribution in [0.1, 0.15) is 38.8 Å². The molecule has 1 fully saturated rings. The predicted octanol–water partition coefficient (Wildman–Crippen LogP) is 0.958. The Kier molecular flexibility index (Phi) is 3.79. The molecule has 96 valence electrons. The smallest absolute Gasteiger partial charge is 0.102 e. The Balaban J connectivity index is 1.84. The van der Waals surface area contributed by atoms with Gasteiger partial charge in [0.25, 0.3) is 0 Å². The van der Waals surface area contributed by atoms with Crippen LogP contribution in [0.5, 0.6) is 0 Å². The van der Waals surface area contributed by atoms with Crippen molar-refractivity contribution in [2.24, 2.45) is 5.73 Å². The summed E-state index contributed by atoms with van der Waals surface area (Å²) < 4.78 is 1.90. The number of nitrogens with two attached hydrogens (primary N) is 1. The number of hydrogen-bond acceptors (Lipinski definition) is 4. The van der Waals surface area contributed by atoms with Gasteiger partial charge in [0.1, 0.15) is 5.69 Å². The molecular formula is C12H23N5. The largest absolute Gasteiger partial charge is 0.320 e. The maximum Gasteiger partial charge on any atom is 0.102 e. The number of likely N-dealkylation sites (tertiary alicyclic amines) is 1. The minimum Gasteiger partial charge on any atom is -0.320 e. The van der Waals surface area contributed by atoms with Gasteiger partial charge in [0, 0.05) is 6.54 Å². The summed E-state index contributed by atoms with van der Waals surface area (Å²) in [7, 11) is 0. The summed E-state index contributed by atoms with van der Waals surface area (Å²) in [6.07, 6.45) is 6.01. The highest BCUT2D eigenvalue weighted by Crippen LogP contribution is 2.13. The first-order chi connectivity index (χ1) is 8.05. The molecule has 5 nitrogen and oxygen atoms in total. The Morgan fingerprint density at radius 2 is 1.94 bits per heavy atom. The molecule has 0 unspecified atom stereocenters. The van der Waals surface area contributed by atoms with Gasteiger partial charge in [-0.15, -0.1) is 5.10 Å². The monoisotopic (exact) mass is 237 g/mol. The molecule has 1 aliphatic heterocycles. The average Bonchev–Trinajstić information content (AvgIpc) is 2.76. The molecule has 0 atom stereocenters. The molecule has 0 radical (unpaired) electrons. The summed E-state index contributed by atoms with van der Waals surface area (Å²) in [5.41, 5.74) is 6.44. The molecule has 2 rings (SSSR count). The molecule has 0 aromatic carbocycles. The highest BCUT2D eigenvalue weighted by atomic mass is 15.4. The van der Waals surface area contributed by atoms with E-state index < -0.39 is 5.54 Å². The van der Waals surface area contributed by atoms with E-state index in [4.69, 9.17) is 5.73 Å². The maximum absolute atomic E-state index is 5.98. The van der Waals surface area contributed by atoms with Crippen LogP contribution in [0.25, 0.3) is 0 Å². The van der Waals surface area contributed by atoms with Crippen LogP contribution in [-0.2, 0) is 12.1 Å². The second-order valence-electron chi connectivity index (χ2n) is 5.49.